The Hall–Kier alpha value is -2.08. The highest BCUT2D eigenvalue weighted by molar-refractivity contribution is 8.00. The van der Waals surface area contributed by atoms with Crippen molar-refractivity contribution >= 4 is 17.7 Å². The fourth-order valence-electron chi connectivity index (χ4n) is 2.66. The number of carbonyl (C=O) groups excluding carboxylic acids is 1. The third-order valence-electron chi connectivity index (χ3n) is 4.21. The van der Waals surface area contributed by atoms with Crippen molar-refractivity contribution in [2.45, 2.75) is 49.1 Å². The van der Waals surface area contributed by atoms with Crippen LogP contribution >= 0.6 is 11.8 Å². The highest BCUT2D eigenvalue weighted by Crippen LogP contribution is 2.40. The third kappa shape index (κ3) is 4.72. The predicted octanol–water partition coefficient (Wildman–Crippen LogP) is 3.18. The van der Waals surface area contributed by atoms with Gasteiger partial charge in [0.1, 0.15) is 5.82 Å². The molecule has 5 nitrogen and oxygen atoms in total. The minimum Gasteiger partial charge on any atom is -0.355 e. The lowest BCUT2D eigenvalue weighted by atomic mass is 10.1. The van der Waals surface area contributed by atoms with Crippen molar-refractivity contribution < 1.29 is 4.79 Å². The van der Waals surface area contributed by atoms with Crippen LogP contribution in [0.3, 0.4) is 0 Å². The molecule has 1 aromatic heterocycles. The lowest BCUT2D eigenvalue weighted by molar-refractivity contribution is -0.120. The Morgan fingerprint density at radius 3 is 2.84 bits per heavy atom. The summed E-state index contributed by atoms with van der Waals surface area (Å²) in [6, 6.07) is 10.2. The fourth-order valence-corrected chi connectivity index (χ4v) is 3.55. The first-order valence-corrected chi connectivity index (χ1v) is 9.59. The Kier molecular flexibility index (Phi) is 5.91. The van der Waals surface area contributed by atoms with E-state index in [1.54, 1.807) is 0 Å². The minimum atomic E-state index is -0.212. The maximum absolute atomic E-state index is 12.4. The Morgan fingerprint density at radius 1 is 1.40 bits per heavy atom. The van der Waals surface area contributed by atoms with Crippen molar-refractivity contribution in [3.05, 3.63) is 54.4 Å². The van der Waals surface area contributed by atoms with Gasteiger partial charge >= 0.3 is 0 Å². The molecule has 6 heteroatoms. The van der Waals surface area contributed by atoms with E-state index >= 15 is 0 Å². The van der Waals surface area contributed by atoms with Gasteiger partial charge in [-0.25, -0.2) is 0 Å². The zero-order valence-electron chi connectivity index (χ0n) is 14.5. The number of amides is 1. The van der Waals surface area contributed by atoms with Crippen LogP contribution < -0.4 is 5.32 Å². The van der Waals surface area contributed by atoms with E-state index in [4.69, 9.17) is 0 Å². The van der Waals surface area contributed by atoms with Crippen LogP contribution in [-0.2, 0) is 17.8 Å². The van der Waals surface area contributed by atoms with E-state index in [0.717, 1.165) is 17.4 Å². The topological polar surface area (TPSA) is 59.8 Å². The van der Waals surface area contributed by atoms with Gasteiger partial charge in [0.15, 0.2) is 5.16 Å². The number of aromatic nitrogens is 3. The second-order valence-corrected chi connectivity index (χ2v) is 7.61. The SMILES string of the molecule is C=CCn1c(SC(C)C(=O)NCCc2ccccc2)nnc1C1CC1. The molecule has 0 bridgehead atoms. The summed E-state index contributed by atoms with van der Waals surface area (Å²) in [6.45, 7) is 7.05. The second kappa shape index (κ2) is 8.34. The molecule has 1 saturated carbocycles. The van der Waals surface area contributed by atoms with Crippen LogP contribution in [0.1, 0.15) is 37.1 Å². The van der Waals surface area contributed by atoms with E-state index < -0.39 is 0 Å². The number of hydrogen-bond donors (Lipinski definition) is 1. The number of benzene rings is 1. The van der Waals surface area contributed by atoms with Crippen molar-refractivity contribution in [2.24, 2.45) is 0 Å². The molecular formula is C19H24N4OS. The van der Waals surface area contributed by atoms with Crippen LogP contribution in [0.15, 0.2) is 48.1 Å². The Labute approximate surface area is 152 Å². The van der Waals surface area contributed by atoms with E-state index in [0.29, 0.717) is 19.0 Å². The van der Waals surface area contributed by atoms with Crippen LogP contribution in [0.5, 0.6) is 0 Å². The van der Waals surface area contributed by atoms with Gasteiger partial charge in [-0.05, 0) is 31.7 Å². The lowest BCUT2D eigenvalue weighted by Crippen LogP contribution is -2.32. The Balaban J connectivity index is 1.53. The van der Waals surface area contributed by atoms with Gasteiger partial charge in [0, 0.05) is 19.0 Å². The molecule has 0 radical (unpaired) electrons. The summed E-state index contributed by atoms with van der Waals surface area (Å²) < 4.78 is 2.09. The van der Waals surface area contributed by atoms with Gasteiger partial charge < -0.3 is 9.88 Å². The average Bonchev–Trinajstić information content (AvgIpc) is 3.39. The molecule has 1 heterocycles. The molecule has 1 unspecified atom stereocenters. The molecular weight excluding hydrogens is 332 g/mol. The lowest BCUT2D eigenvalue weighted by Gasteiger charge is -2.13. The number of thioether (sulfide) groups is 1. The van der Waals surface area contributed by atoms with Crippen molar-refractivity contribution in [1.29, 1.82) is 0 Å². The molecule has 1 atom stereocenters. The number of nitrogens with zero attached hydrogens (tertiary/aromatic N) is 3. The van der Waals surface area contributed by atoms with E-state index in [1.807, 2.05) is 31.2 Å². The van der Waals surface area contributed by atoms with Gasteiger partial charge in [-0.15, -0.1) is 16.8 Å². The van der Waals surface area contributed by atoms with Gasteiger partial charge in [-0.3, -0.25) is 4.79 Å². The van der Waals surface area contributed by atoms with Crippen molar-refractivity contribution in [3.63, 3.8) is 0 Å². The highest BCUT2D eigenvalue weighted by atomic mass is 32.2. The zero-order valence-corrected chi connectivity index (χ0v) is 15.3. The van der Waals surface area contributed by atoms with Gasteiger partial charge in [0.2, 0.25) is 5.91 Å². The van der Waals surface area contributed by atoms with Gasteiger partial charge in [-0.1, -0.05) is 48.2 Å². The first-order chi connectivity index (χ1) is 12.2. The first-order valence-electron chi connectivity index (χ1n) is 8.71. The third-order valence-corrected chi connectivity index (χ3v) is 5.29. The molecule has 1 aromatic carbocycles. The maximum atomic E-state index is 12.4. The zero-order chi connectivity index (χ0) is 17.6. The average molecular weight is 356 g/mol. The molecule has 25 heavy (non-hydrogen) atoms. The van der Waals surface area contributed by atoms with Gasteiger partial charge in [0.05, 0.1) is 5.25 Å². The summed E-state index contributed by atoms with van der Waals surface area (Å²) in [5, 5.41) is 12.2. The molecule has 1 amide bonds. The van der Waals surface area contributed by atoms with Crippen molar-refractivity contribution in [3.8, 4) is 0 Å². The van der Waals surface area contributed by atoms with Crippen molar-refractivity contribution in [1.82, 2.24) is 20.1 Å². The minimum absolute atomic E-state index is 0.0297. The highest BCUT2D eigenvalue weighted by Gasteiger charge is 2.30. The van der Waals surface area contributed by atoms with Crippen LogP contribution in [0, 0.1) is 0 Å². The molecule has 1 N–H and O–H groups in total. The first kappa shape index (κ1) is 17.7. The fraction of sp³-hybridized carbons (Fsp3) is 0.421. The summed E-state index contributed by atoms with van der Waals surface area (Å²) in [5.74, 6) is 1.58. The summed E-state index contributed by atoms with van der Waals surface area (Å²) in [5.41, 5.74) is 1.22. The molecule has 2 aromatic rings. The largest absolute Gasteiger partial charge is 0.355 e. The summed E-state index contributed by atoms with van der Waals surface area (Å²) >= 11 is 1.46. The number of hydrogen-bond acceptors (Lipinski definition) is 4. The molecule has 1 fully saturated rings. The standard InChI is InChI=1S/C19H24N4OS/c1-3-13-23-17(16-9-10-16)21-22-19(23)25-14(2)18(24)20-12-11-15-7-5-4-6-8-15/h3-8,14,16H,1,9-13H2,2H3,(H,20,24). The number of carbonyl (C=O) groups is 1. The number of nitrogens with one attached hydrogen (secondary N) is 1. The Morgan fingerprint density at radius 2 is 2.16 bits per heavy atom. The normalized spacial score (nSPS) is 14.9. The van der Waals surface area contributed by atoms with Crippen molar-refractivity contribution in [2.75, 3.05) is 6.54 Å². The molecule has 3 rings (SSSR count). The van der Waals surface area contributed by atoms with Crippen LogP contribution in [0.25, 0.3) is 0 Å². The maximum Gasteiger partial charge on any atom is 0.233 e. The van der Waals surface area contributed by atoms with Gasteiger partial charge in [-0.2, -0.15) is 0 Å². The van der Waals surface area contributed by atoms with E-state index in [2.05, 4.69) is 38.8 Å². The molecule has 0 saturated heterocycles. The molecule has 0 spiro atoms. The second-order valence-electron chi connectivity index (χ2n) is 6.30. The monoisotopic (exact) mass is 356 g/mol. The van der Waals surface area contributed by atoms with E-state index in [9.17, 15) is 4.79 Å². The van der Waals surface area contributed by atoms with E-state index in [1.165, 1.54) is 30.2 Å². The summed E-state index contributed by atoms with van der Waals surface area (Å²) in [4.78, 5) is 12.4. The number of rotatable bonds is 9. The molecule has 1 aliphatic carbocycles. The van der Waals surface area contributed by atoms with Gasteiger partial charge in [0.25, 0.3) is 0 Å². The van der Waals surface area contributed by atoms with Crippen LogP contribution in [0.2, 0.25) is 0 Å². The smallest absolute Gasteiger partial charge is 0.233 e. The van der Waals surface area contributed by atoms with Crippen LogP contribution in [0.4, 0.5) is 0 Å². The van der Waals surface area contributed by atoms with Crippen LogP contribution in [-0.4, -0.2) is 32.5 Å². The molecule has 0 aliphatic heterocycles. The molecule has 132 valence electrons. The predicted molar refractivity (Wildman–Crippen MR) is 101 cm³/mol. The molecule has 1 aliphatic rings. The summed E-state index contributed by atoms with van der Waals surface area (Å²) in [7, 11) is 0. The Bertz CT molecular complexity index is 724. The number of allylic oxidation sites excluding steroid dienone is 1. The van der Waals surface area contributed by atoms with E-state index in [-0.39, 0.29) is 11.2 Å². The quantitative estimate of drug-likeness (QED) is 0.554. The summed E-state index contributed by atoms with van der Waals surface area (Å²) in [6.07, 6.45) is 5.04.